The van der Waals surface area contributed by atoms with Crippen LogP contribution < -0.4 is 32.7 Å². The topological polar surface area (TPSA) is 113 Å². The maximum atomic E-state index is 12.3. The minimum atomic E-state index is -0.511. The molecule has 2 aliphatic rings. The highest BCUT2D eigenvalue weighted by atomic mass is 35.5. The molecule has 2 saturated heterocycles. The van der Waals surface area contributed by atoms with Gasteiger partial charge in [-0.1, -0.05) is 18.2 Å². The third kappa shape index (κ3) is 6.30. The van der Waals surface area contributed by atoms with Crippen LogP contribution in [-0.2, 0) is 4.79 Å². The lowest BCUT2D eigenvalue weighted by Crippen LogP contribution is -3.26. The lowest BCUT2D eigenvalue weighted by Gasteiger charge is -2.44. The highest BCUT2D eigenvalue weighted by Gasteiger charge is 2.50. The molecule has 0 aromatic heterocycles. The van der Waals surface area contributed by atoms with Crippen LogP contribution in [0.1, 0.15) is 37.7 Å². The standard InChI is InChI=1S/C21H33N3O3.ClH.H2O/c1-17-7-3-4-8-19(17)27-16-18(25)15-23-13-9-21(10-14-23,20(22)26)24-11-5-2-6-12-24;;/h3-4,7-8,18,25H,2,5-6,9-16H2,1H3,(H2,22,26);1H;1H2/p+1. The minimum absolute atomic E-state index is 0. The van der Waals surface area contributed by atoms with Gasteiger partial charge in [0, 0.05) is 0 Å². The van der Waals surface area contributed by atoms with E-state index in [9.17, 15) is 9.90 Å². The molecule has 3 rings (SSSR count). The number of rotatable bonds is 7. The summed E-state index contributed by atoms with van der Waals surface area (Å²) in [5.74, 6) is 0.688. The molecule has 2 aliphatic heterocycles. The smallest absolute Gasteiger partial charge is 0.279 e. The van der Waals surface area contributed by atoms with E-state index < -0.39 is 11.6 Å². The molecule has 0 spiro atoms. The van der Waals surface area contributed by atoms with Gasteiger partial charge in [-0.15, -0.1) is 0 Å². The number of quaternary nitrogens is 2. The van der Waals surface area contributed by atoms with Crippen molar-refractivity contribution >= 4 is 5.91 Å². The SMILES string of the molecule is Cc1ccccc1OCC(O)C[NH+]1CCC(C(N)=O)([NH+]2CCCCC2)CC1.O.[Cl-]. The molecule has 2 heterocycles. The highest BCUT2D eigenvalue weighted by Crippen LogP contribution is 2.16. The summed E-state index contributed by atoms with van der Waals surface area (Å²) in [6, 6.07) is 7.85. The minimum Gasteiger partial charge on any atom is -1.00 e. The summed E-state index contributed by atoms with van der Waals surface area (Å²) in [7, 11) is 0. The second-order valence-corrected chi connectivity index (χ2v) is 8.30. The van der Waals surface area contributed by atoms with Gasteiger partial charge >= 0.3 is 0 Å². The lowest BCUT2D eigenvalue weighted by molar-refractivity contribution is -0.974. The fraction of sp³-hybridized carbons (Fsp3) is 0.667. The van der Waals surface area contributed by atoms with Gasteiger partial charge in [0.25, 0.3) is 5.91 Å². The molecule has 1 aromatic carbocycles. The number of benzene rings is 1. The lowest BCUT2D eigenvalue weighted by atomic mass is 9.83. The Hall–Kier alpha value is -1.38. The van der Waals surface area contributed by atoms with Crippen molar-refractivity contribution in [2.24, 2.45) is 5.73 Å². The number of carbonyl (C=O) groups excluding carboxylic acids is 1. The third-order valence-corrected chi connectivity index (χ3v) is 6.47. The number of likely N-dealkylation sites (tertiary alicyclic amines) is 2. The number of carbonyl (C=O) groups is 1. The quantitative estimate of drug-likeness (QED) is 0.347. The molecule has 2 fully saturated rings. The van der Waals surface area contributed by atoms with Crippen LogP contribution in [0.5, 0.6) is 5.75 Å². The monoisotopic (exact) mass is 430 g/mol. The molecule has 0 aliphatic carbocycles. The zero-order valence-electron chi connectivity index (χ0n) is 17.4. The van der Waals surface area contributed by atoms with Gasteiger partial charge in [0.15, 0.2) is 5.54 Å². The molecule has 29 heavy (non-hydrogen) atoms. The highest BCUT2D eigenvalue weighted by molar-refractivity contribution is 5.83. The van der Waals surface area contributed by atoms with Crippen LogP contribution in [0.15, 0.2) is 24.3 Å². The Morgan fingerprint density at radius 1 is 1.17 bits per heavy atom. The van der Waals surface area contributed by atoms with Crippen molar-refractivity contribution in [2.45, 2.75) is 50.7 Å². The number of piperidine rings is 2. The van der Waals surface area contributed by atoms with Gasteiger partial charge < -0.3 is 43.3 Å². The van der Waals surface area contributed by atoms with Crippen molar-refractivity contribution in [1.29, 1.82) is 0 Å². The summed E-state index contributed by atoms with van der Waals surface area (Å²) >= 11 is 0. The summed E-state index contributed by atoms with van der Waals surface area (Å²) in [6.45, 7) is 6.84. The molecule has 1 amide bonds. The second kappa shape index (κ2) is 11.7. The van der Waals surface area contributed by atoms with Crippen molar-refractivity contribution < 1.29 is 42.3 Å². The average Bonchev–Trinajstić information content (AvgIpc) is 2.68. The largest absolute Gasteiger partial charge is 1.00 e. The van der Waals surface area contributed by atoms with Crippen LogP contribution in [0.25, 0.3) is 0 Å². The maximum Gasteiger partial charge on any atom is 0.279 e. The fourth-order valence-corrected chi connectivity index (χ4v) is 4.76. The Kier molecular flexibility index (Phi) is 10.4. The Labute approximate surface area is 179 Å². The molecule has 166 valence electrons. The van der Waals surface area contributed by atoms with Gasteiger partial charge in [0.1, 0.15) is 25.0 Å². The number of aryl methyl sites for hydroxylation is 1. The van der Waals surface area contributed by atoms with Gasteiger partial charge in [-0.3, -0.25) is 4.79 Å². The molecule has 0 radical (unpaired) electrons. The number of halogens is 1. The number of nitrogens with two attached hydrogens (primary N) is 1. The van der Waals surface area contributed by atoms with E-state index in [2.05, 4.69) is 0 Å². The van der Waals surface area contributed by atoms with E-state index in [1.807, 2.05) is 31.2 Å². The summed E-state index contributed by atoms with van der Waals surface area (Å²) in [4.78, 5) is 15.0. The second-order valence-electron chi connectivity index (χ2n) is 8.30. The number of amides is 1. The first-order valence-electron chi connectivity index (χ1n) is 10.4. The van der Waals surface area contributed by atoms with Crippen LogP contribution in [0.4, 0.5) is 0 Å². The van der Waals surface area contributed by atoms with Gasteiger partial charge in [-0.2, -0.15) is 0 Å². The molecular formula is C21H37ClN3O4+. The normalized spacial score (nSPS) is 25.9. The van der Waals surface area contributed by atoms with Crippen molar-refractivity contribution in [3.8, 4) is 5.75 Å². The van der Waals surface area contributed by atoms with Crippen LogP contribution >= 0.6 is 0 Å². The zero-order chi connectivity index (χ0) is 19.3. The number of para-hydroxylation sites is 1. The molecule has 8 heteroatoms. The number of primary amides is 1. The van der Waals surface area contributed by atoms with Gasteiger partial charge in [-0.05, 0) is 37.8 Å². The molecule has 7 N–H and O–H groups in total. The fourth-order valence-electron chi connectivity index (χ4n) is 4.76. The van der Waals surface area contributed by atoms with Crippen molar-refractivity contribution in [2.75, 3.05) is 39.3 Å². The van der Waals surface area contributed by atoms with Crippen LogP contribution in [0.2, 0.25) is 0 Å². The van der Waals surface area contributed by atoms with Crippen LogP contribution in [-0.4, -0.2) is 67.5 Å². The number of aliphatic hydroxyl groups excluding tert-OH is 1. The Bertz CT molecular complexity index is 632. The van der Waals surface area contributed by atoms with Crippen LogP contribution in [0, 0.1) is 6.92 Å². The van der Waals surface area contributed by atoms with Crippen molar-refractivity contribution in [3.63, 3.8) is 0 Å². The Morgan fingerprint density at radius 3 is 2.38 bits per heavy atom. The third-order valence-electron chi connectivity index (χ3n) is 6.47. The molecule has 0 saturated carbocycles. The van der Waals surface area contributed by atoms with Crippen molar-refractivity contribution in [3.05, 3.63) is 29.8 Å². The number of hydrogen-bond donors (Lipinski definition) is 4. The predicted octanol–water partition coefficient (Wildman–Crippen LogP) is -5.11. The average molecular weight is 431 g/mol. The van der Waals surface area contributed by atoms with Gasteiger partial charge in [-0.25, -0.2) is 0 Å². The summed E-state index contributed by atoms with van der Waals surface area (Å²) < 4.78 is 5.77. The van der Waals surface area contributed by atoms with E-state index in [-0.39, 0.29) is 23.8 Å². The Balaban J connectivity index is 0.00000210. The molecule has 7 nitrogen and oxygen atoms in total. The number of aliphatic hydroxyl groups is 1. The first-order chi connectivity index (χ1) is 13.0. The summed E-state index contributed by atoms with van der Waals surface area (Å²) in [5, 5.41) is 10.4. The van der Waals surface area contributed by atoms with Gasteiger partial charge in [0.05, 0.1) is 39.0 Å². The van der Waals surface area contributed by atoms with E-state index in [1.165, 1.54) is 29.1 Å². The van der Waals surface area contributed by atoms with E-state index in [0.29, 0.717) is 13.2 Å². The summed E-state index contributed by atoms with van der Waals surface area (Å²) in [6.07, 6.45) is 4.77. The van der Waals surface area contributed by atoms with E-state index in [4.69, 9.17) is 10.5 Å². The van der Waals surface area contributed by atoms with E-state index >= 15 is 0 Å². The van der Waals surface area contributed by atoms with Crippen LogP contribution in [0.3, 0.4) is 0 Å². The maximum absolute atomic E-state index is 12.3. The summed E-state index contributed by atoms with van der Waals surface area (Å²) in [5.41, 5.74) is 6.55. The first kappa shape index (κ1) is 25.7. The molecular weight excluding hydrogens is 394 g/mol. The van der Waals surface area contributed by atoms with Gasteiger partial charge in [0.2, 0.25) is 0 Å². The molecule has 1 unspecified atom stereocenters. The number of ether oxygens (including phenoxy) is 1. The van der Waals surface area contributed by atoms with E-state index in [1.54, 1.807) is 0 Å². The predicted molar refractivity (Wildman–Crippen MR) is 108 cm³/mol. The first-order valence-corrected chi connectivity index (χ1v) is 10.4. The number of nitrogens with one attached hydrogen (secondary N) is 2. The zero-order valence-corrected chi connectivity index (χ0v) is 18.1. The number of hydrogen-bond acceptors (Lipinski definition) is 3. The molecule has 0 bridgehead atoms. The Morgan fingerprint density at radius 2 is 1.79 bits per heavy atom. The van der Waals surface area contributed by atoms with E-state index in [0.717, 1.165) is 50.3 Å². The van der Waals surface area contributed by atoms with Crippen molar-refractivity contribution in [1.82, 2.24) is 0 Å². The molecule has 1 atom stereocenters. The molecule has 1 aromatic rings.